The van der Waals surface area contributed by atoms with Crippen molar-refractivity contribution in [2.45, 2.75) is 19.5 Å². The zero-order valence-corrected chi connectivity index (χ0v) is 18.5. The predicted octanol–water partition coefficient (Wildman–Crippen LogP) is 2.68. The summed E-state index contributed by atoms with van der Waals surface area (Å²) in [6.45, 7) is 4.83. The second-order valence-electron chi connectivity index (χ2n) is 8.56. The summed E-state index contributed by atoms with van der Waals surface area (Å²) in [5.74, 6) is 0.582. The average molecular weight is 445 g/mol. The van der Waals surface area contributed by atoms with E-state index in [0.717, 1.165) is 30.9 Å². The SMILES string of the molecule is O=C(Nc1ccccc1)N1CCN(c2nc(CN3CCc4ccccc4C3)cc(=O)[nH]2)CC1. The van der Waals surface area contributed by atoms with Crippen molar-refractivity contribution in [3.05, 3.63) is 87.8 Å². The van der Waals surface area contributed by atoms with E-state index in [-0.39, 0.29) is 11.6 Å². The van der Waals surface area contributed by atoms with E-state index in [1.807, 2.05) is 35.2 Å². The lowest BCUT2D eigenvalue weighted by molar-refractivity contribution is 0.208. The number of rotatable bonds is 4. The van der Waals surface area contributed by atoms with Gasteiger partial charge < -0.3 is 15.1 Å². The van der Waals surface area contributed by atoms with Crippen LogP contribution < -0.4 is 15.8 Å². The smallest absolute Gasteiger partial charge is 0.321 e. The molecule has 2 aromatic carbocycles. The largest absolute Gasteiger partial charge is 0.339 e. The number of piperazine rings is 1. The van der Waals surface area contributed by atoms with Crippen LogP contribution in [0.25, 0.3) is 0 Å². The first-order valence-electron chi connectivity index (χ1n) is 11.4. The molecule has 3 heterocycles. The molecule has 2 aliphatic rings. The Hall–Kier alpha value is -3.65. The Bertz CT molecular complexity index is 1170. The molecule has 2 aliphatic heterocycles. The van der Waals surface area contributed by atoms with Crippen LogP contribution in [0.3, 0.4) is 0 Å². The van der Waals surface area contributed by atoms with E-state index < -0.39 is 0 Å². The summed E-state index contributed by atoms with van der Waals surface area (Å²) in [5.41, 5.74) is 4.17. The number of nitrogens with one attached hydrogen (secondary N) is 2. The zero-order valence-electron chi connectivity index (χ0n) is 18.5. The molecule has 8 nitrogen and oxygen atoms in total. The highest BCUT2D eigenvalue weighted by Crippen LogP contribution is 2.20. The lowest BCUT2D eigenvalue weighted by Gasteiger charge is -2.35. The van der Waals surface area contributed by atoms with E-state index in [1.165, 1.54) is 11.1 Å². The third-order valence-corrected chi connectivity index (χ3v) is 6.27. The minimum absolute atomic E-state index is 0.110. The number of carbonyl (C=O) groups is 1. The minimum Gasteiger partial charge on any atom is -0.339 e. The van der Waals surface area contributed by atoms with Gasteiger partial charge in [-0.25, -0.2) is 9.78 Å². The Morgan fingerprint density at radius 1 is 0.939 bits per heavy atom. The number of hydrogen-bond acceptors (Lipinski definition) is 5. The molecule has 8 heteroatoms. The molecular weight excluding hydrogens is 416 g/mol. The van der Waals surface area contributed by atoms with Crippen molar-refractivity contribution in [3.8, 4) is 0 Å². The van der Waals surface area contributed by atoms with Crippen LogP contribution in [-0.4, -0.2) is 58.5 Å². The number of H-pyrrole nitrogens is 1. The summed E-state index contributed by atoms with van der Waals surface area (Å²) in [4.78, 5) is 38.7. The molecule has 2 amide bonds. The maximum atomic E-state index is 12.5. The molecule has 0 aliphatic carbocycles. The van der Waals surface area contributed by atoms with E-state index in [0.29, 0.717) is 38.7 Å². The van der Waals surface area contributed by atoms with Crippen molar-refractivity contribution >= 4 is 17.7 Å². The molecule has 1 saturated heterocycles. The molecule has 0 saturated carbocycles. The maximum Gasteiger partial charge on any atom is 0.321 e. The van der Waals surface area contributed by atoms with Crippen LogP contribution in [-0.2, 0) is 19.5 Å². The zero-order chi connectivity index (χ0) is 22.6. The van der Waals surface area contributed by atoms with E-state index in [4.69, 9.17) is 4.98 Å². The van der Waals surface area contributed by atoms with Crippen LogP contribution in [0.15, 0.2) is 65.5 Å². The predicted molar refractivity (Wildman–Crippen MR) is 128 cm³/mol. The van der Waals surface area contributed by atoms with E-state index in [1.54, 1.807) is 11.0 Å². The number of benzene rings is 2. The van der Waals surface area contributed by atoms with Gasteiger partial charge in [-0.2, -0.15) is 0 Å². The fourth-order valence-electron chi connectivity index (χ4n) is 4.49. The van der Waals surface area contributed by atoms with E-state index in [9.17, 15) is 9.59 Å². The van der Waals surface area contributed by atoms with Gasteiger partial charge in [0.25, 0.3) is 5.56 Å². The van der Waals surface area contributed by atoms with Gasteiger partial charge in [-0.3, -0.25) is 14.7 Å². The number of urea groups is 1. The Kier molecular flexibility index (Phi) is 6.08. The average Bonchev–Trinajstić information content (AvgIpc) is 2.84. The van der Waals surface area contributed by atoms with Crippen molar-refractivity contribution in [1.29, 1.82) is 0 Å². The van der Waals surface area contributed by atoms with Crippen LogP contribution in [0, 0.1) is 0 Å². The molecule has 0 unspecified atom stereocenters. The molecule has 2 N–H and O–H groups in total. The summed E-state index contributed by atoms with van der Waals surface area (Å²) >= 11 is 0. The van der Waals surface area contributed by atoms with Gasteiger partial charge in [-0.15, -0.1) is 0 Å². The van der Waals surface area contributed by atoms with Crippen LogP contribution in [0.5, 0.6) is 0 Å². The van der Waals surface area contributed by atoms with Gasteiger partial charge in [0, 0.05) is 57.6 Å². The molecule has 0 spiro atoms. The molecule has 0 bridgehead atoms. The van der Waals surface area contributed by atoms with Crippen molar-refractivity contribution in [1.82, 2.24) is 19.8 Å². The van der Waals surface area contributed by atoms with Gasteiger partial charge in [0.2, 0.25) is 5.95 Å². The number of aromatic nitrogens is 2. The molecular formula is C25H28N6O2. The molecule has 0 atom stereocenters. The first-order valence-corrected chi connectivity index (χ1v) is 11.4. The first kappa shape index (κ1) is 21.2. The first-order chi connectivity index (χ1) is 16.1. The van der Waals surface area contributed by atoms with Gasteiger partial charge in [-0.05, 0) is 29.7 Å². The monoisotopic (exact) mass is 444 g/mol. The maximum absolute atomic E-state index is 12.5. The number of anilines is 2. The third-order valence-electron chi connectivity index (χ3n) is 6.27. The van der Waals surface area contributed by atoms with Crippen molar-refractivity contribution in [3.63, 3.8) is 0 Å². The number of amides is 2. The van der Waals surface area contributed by atoms with Crippen molar-refractivity contribution < 1.29 is 4.79 Å². The highest BCUT2D eigenvalue weighted by molar-refractivity contribution is 5.89. The van der Waals surface area contributed by atoms with Crippen LogP contribution in [0.4, 0.5) is 16.4 Å². The summed E-state index contributed by atoms with van der Waals surface area (Å²) in [7, 11) is 0. The topological polar surface area (TPSA) is 84.6 Å². The third kappa shape index (κ3) is 5.06. The lowest BCUT2D eigenvalue weighted by Crippen LogP contribution is -2.50. The van der Waals surface area contributed by atoms with Gasteiger partial charge in [0.05, 0.1) is 5.69 Å². The molecule has 3 aromatic rings. The number of fused-ring (bicyclic) bond motifs is 1. The minimum atomic E-state index is -0.142. The summed E-state index contributed by atoms with van der Waals surface area (Å²) in [6, 6.07) is 19.5. The number of aromatic amines is 1. The van der Waals surface area contributed by atoms with E-state index >= 15 is 0 Å². The van der Waals surface area contributed by atoms with Crippen LogP contribution in [0.1, 0.15) is 16.8 Å². The van der Waals surface area contributed by atoms with Gasteiger partial charge >= 0.3 is 6.03 Å². The highest BCUT2D eigenvalue weighted by Gasteiger charge is 2.23. The molecule has 1 fully saturated rings. The van der Waals surface area contributed by atoms with Gasteiger partial charge in [0.15, 0.2) is 0 Å². The Morgan fingerprint density at radius 2 is 1.67 bits per heavy atom. The van der Waals surface area contributed by atoms with Crippen molar-refractivity contribution in [2.75, 3.05) is 42.9 Å². The summed E-state index contributed by atoms with van der Waals surface area (Å²) in [5, 5.41) is 2.93. The normalized spacial score (nSPS) is 16.4. The molecule has 170 valence electrons. The van der Waals surface area contributed by atoms with Crippen LogP contribution in [0.2, 0.25) is 0 Å². The molecule has 1 aromatic heterocycles. The quantitative estimate of drug-likeness (QED) is 0.646. The molecule has 5 rings (SSSR count). The van der Waals surface area contributed by atoms with Gasteiger partial charge in [0.1, 0.15) is 0 Å². The van der Waals surface area contributed by atoms with Crippen LogP contribution >= 0.6 is 0 Å². The highest BCUT2D eigenvalue weighted by atomic mass is 16.2. The standard InChI is InChI=1S/C25H28N6O2/c32-23-16-22(18-29-11-10-19-6-4-5-7-20(19)17-29)26-24(28-23)30-12-14-31(15-13-30)25(33)27-21-8-2-1-3-9-21/h1-9,16H,10-15,17-18H2,(H,27,33)(H,26,28,32). The lowest BCUT2D eigenvalue weighted by atomic mass is 10.00. The Morgan fingerprint density at radius 3 is 2.45 bits per heavy atom. The fraction of sp³-hybridized carbons (Fsp3) is 0.320. The Labute approximate surface area is 192 Å². The number of para-hydroxylation sites is 1. The number of carbonyl (C=O) groups excluding carboxylic acids is 1. The summed E-state index contributed by atoms with van der Waals surface area (Å²) in [6.07, 6.45) is 1.01. The van der Waals surface area contributed by atoms with Crippen molar-refractivity contribution in [2.24, 2.45) is 0 Å². The van der Waals surface area contributed by atoms with E-state index in [2.05, 4.69) is 39.5 Å². The second-order valence-corrected chi connectivity index (χ2v) is 8.56. The Balaban J connectivity index is 1.20. The number of hydrogen-bond donors (Lipinski definition) is 2. The molecule has 0 radical (unpaired) electrons. The second kappa shape index (κ2) is 9.46. The number of nitrogens with zero attached hydrogens (tertiary/aromatic N) is 4. The fourth-order valence-corrected chi connectivity index (χ4v) is 4.49. The van der Waals surface area contributed by atoms with Gasteiger partial charge in [-0.1, -0.05) is 42.5 Å². The summed E-state index contributed by atoms with van der Waals surface area (Å²) < 4.78 is 0. The molecule has 33 heavy (non-hydrogen) atoms.